The van der Waals surface area contributed by atoms with E-state index in [1.165, 1.54) is 10.6 Å². The molecule has 2 aliphatic heterocycles. The Balaban J connectivity index is 1.61. The highest BCUT2D eigenvalue weighted by atomic mass is 35.5. The van der Waals surface area contributed by atoms with E-state index in [1.54, 1.807) is 7.11 Å². The zero-order chi connectivity index (χ0) is 22.7. The molecule has 32 heavy (non-hydrogen) atoms. The van der Waals surface area contributed by atoms with Gasteiger partial charge in [0, 0.05) is 59.3 Å². The van der Waals surface area contributed by atoms with E-state index in [1.807, 2.05) is 42.5 Å². The van der Waals surface area contributed by atoms with E-state index in [2.05, 4.69) is 9.88 Å². The maximum atomic E-state index is 12.2. The third kappa shape index (κ3) is 3.50. The monoisotopic (exact) mass is 475 g/mol. The van der Waals surface area contributed by atoms with Gasteiger partial charge in [0.25, 0.3) is 0 Å². The minimum Gasteiger partial charge on any atom is -0.497 e. The number of nitrogens with one attached hydrogen (secondary N) is 1. The molecule has 5 rings (SSSR count). The van der Waals surface area contributed by atoms with Crippen molar-refractivity contribution in [2.45, 2.75) is 18.0 Å². The Labute approximate surface area is 192 Å². The summed E-state index contributed by atoms with van der Waals surface area (Å²) in [7, 11) is -1.64. The molecular formula is C23H26ClN3O4S. The molecule has 1 spiro atoms. The SMILES string of the molecule is COc1ccc2c3c([nH]c2c1)[C@H](CO)N(Cc1ccc(Cl)cc1)CC31CN(S(C)(=O)=O)C1. The molecule has 0 aliphatic carbocycles. The Morgan fingerprint density at radius 2 is 1.91 bits per heavy atom. The molecule has 0 saturated carbocycles. The number of halogens is 1. The van der Waals surface area contributed by atoms with Crippen molar-refractivity contribution >= 4 is 32.5 Å². The van der Waals surface area contributed by atoms with Crippen LogP contribution < -0.4 is 4.74 Å². The molecule has 0 unspecified atom stereocenters. The third-order valence-electron chi connectivity index (χ3n) is 6.74. The fraction of sp³-hybridized carbons (Fsp3) is 0.391. The number of H-pyrrole nitrogens is 1. The van der Waals surface area contributed by atoms with E-state index in [4.69, 9.17) is 16.3 Å². The Morgan fingerprint density at radius 3 is 2.53 bits per heavy atom. The van der Waals surface area contributed by atoms with Gasteiger partial charge in [-0.25, -0.2) is 12.7 Å². The molecule has 170 valence electrons. The average Bonchev–Trinajstić information content (AvgIpc) is 3.11. The standard InChI is InChI=1S/C23H26ClN3O4S/c1-31-17-7-8-18-19(9-17)25-22-20(11-28)26(10-15-3-5-16(24)6-4-15)12-23(21(18)22)13-27(14-23)32(2,29)30/h3-9,20,25,28H,10-14H2,1-2H3/t20-/m0/s1. The molecule has 7 nitrogen and oxygen atoms in total. The number of aromatic amines is 1. The Bertz CT molecular complexity index is 1270. The first-order valence-corrected chi connectivity index (χ1v) is 12.7. The van der Waals surface area contributed by atoms with Crippen LogP contribution in [0.1, 0.15) is 22.9 Å². The predicted molar refractivity (Wildman–Crippen MR) is 125 cm³/mol. The number of hydrogen-bond donors (Lipinski definition) is 2. The Kier molecular flexibility index (Phi) is 5.26. The van der Waals surface area contributed by atoms with Gasteiger partial charge in [-0.15, -0.1) is 0 Å². The van der Waals surface area contributed by atoms with Gasteiger partial charge in [-0.2, -0.15) is 0 Å². The fourth-order valence-corrected chi connectivity index (χ4v) is 6.31. The van der Waals surface area contributed by atoms with Crippen LogP contribution in [-0.4, -0.2) is 67.3 Å². The highest BCUT2D eigenvalue weighted by Crippen LogP contribution is 2.49. The van der Waals surface area contributed by atoms with Gasteiger partial charge >= 0.3 is 0 Å². The maximum absolute atomic E-state index is 12.2. The number of methoxy groups -OCH3 is 1. The summed E-state index contributed by atoms with van der Waals surface area (Å²) in [6.07, 6.45) is 1.26. The summed E-state index contributed by atoms with van der Waals surface area (Å²) in [4.78, 5) is 5.76. The molecular weight excluding hydrogens is 450 g/mol. The highest BCUT2D eigenvalue weighted by molar-refractivity contribution is 7.88. The number of sulfonamides is 1. The normalized spacial score (nSPS) is 20.9. The first-order chi connectivity index (χ1) is 15.2. The number of ether oxygens (including phenoxy) is 1. The van der Waals surface area contributed by atoms with Crippen LogP contribution in [-0.2, 0) is 22.0 Å². The van der Waals surface area contributed by atoms with Crippen molar-refractivity contribution in [2.24, 2.45) is 0 Å². The summed E-state index contributed by atoms with van der Waals surface area (Å²) >= 11 is 6.05. The lowest BCUT2D eigenvalue weighted by Crippen LogP contribution is -2.67. The molecule has 1 saturated heterocycles. The van der Waals surface area contributed by atoms with Crippen molar-refractivity contribution in [1.29, 1.82) is 0 Å². The molecule has 0 radical (unpaired) electrons. The number of nitrogens with zero attached hydrogens (tertiary/aromatic N) is 2. The molecule has 2 N–H and O–H groups in total. The van der Waals surface area contributed by atoms with Gasteiger partial charge in [0.1, 0.15) is 5.75 Å². The van der Waals surface area contributed by atoms with Crippen molar-refractivity contribution in [3.63, 3.8) is 0 Å². The number of benzene rings is 2. The molecule has 3 heterocycles. The van der Waals surface area contributed by atoms with Crippen molar-refractivity contribution in [3.8, 4) is 5.75 Å². The minimum atomic E-state index is -3.27. The van der Waals surface area contributed by atoms with E-state index >= 15 is 0 Å². The second kappa shape index (κ2) is 7.74. The van der Waals surface area contributed by atoms with Gasteiger partial charge in [0.05, 0.1) is 26.0 Å². The van der Waals surface area contributed by atoms with Crippen LogP contribution in [0.25, 0.3) is 10.9 Å². The zero-order valence-electron chi connectivity index (χ0n) is 18.0. The lowest BCUT2D eigenvalue weighted by Gasteiger charge is -2.55. The van der Waals surface area contributed by atoms with Crippen LogP contribution in [0.3, 0.4) is 0 Å². The van der Waals surface area contributed by atoms with Crippen molar-refractivity contribution in [1.82, 2.24) is 14.2 Å². The van der Waals surface area contributed by atoms with Crippen LogP contribution in [0.5, 0.6) is 5.75 Å². The Hall–Kier alpha value is -2.10. The van der Waals surface area contributed by atoms with Crippen LogP contribution >= 0.6 is 11.6 Å². The number of aliphatic hydroxyl groups excluding tert-OH is 1. The largest absolute Gasteiger partial charge is 0.497 e. The van der Waals surface area contributed by atoms with Crippen molar-refractivity contribution in [2.75, 3.05) is 39.6 Å². The number of aliphatic hydroxyl groups is 1. The van der Waals surface area contributed by atoms with Gasteiger partial charge in [0.2, 0.25) is 10.0 Å². The minimum absolute atomic E-state index is 0.0452. The molecule has 1 atom stereocenters. The second-order valence-electron chi connectivity index (χ2n) is 8.87. The summed E-state index contributed by atoms with van der Waals surface area (Å²) in [6, 6.07) is 13.4. The molecule has 0 amide bonds. The van der Waals surface area contributed by atoms with Gasteiger partial charge in [0.15, 0.2) is 0 Å². The van der Waals surface area contributed by atoms with Crippen LogP contribution in [0.15, 0.2) is 42.5 Å². The number of rotatable bonds is 5. The summed E-state index contributed by atoms with van der Waals surface area (Å²) in [6.45, 7) is 2.08. The average molecular weight is 476 g/mol. The molecule has 3 aromatic rings. The zero-order valence-corrected chi connectivity index (χ0v) is 19.6. The smallest absolute Gasteiger partial charge is 0.211 e. The molecule has 2 aliphatic rings. The number of hydrogen-bond acceptors (Lipinski definition) is 5. The topological polar surface area (TPSA) is 85.9 Å². The lowest BCUT2D eigenvalue weighted by atomic mass is 9.70. The van der Waals surface area contributed by atoms with Gasteiger partial charge in [-0.1, -0.05) is 23.7 Å². The van der Waals surface area contributed by atoms with E-state index in [0.717, 1.165) is 33.5 Å². The van der Waals surface area contributed by atoms with E-state index < -0.39 is 10.0 Å². The van der Waals surface area contributed by atoms with Crippen LogP contribution in [0.4, 0.5) is 0 Å². The van der Waals surface area contributed by atoms with Gasteiger partial charge < -0.3 is 14.8 Å². The van der Waals surface area contributed by atoms with Crippen LogP contribution in [0, 0.1) is 0 Å². The summed E-state index contributed by atoms with van der Waals surface area (Å²) in [5, 5.41) is 12.1. The Morgan fingerprint density at radius 1 is 1.19 bits per heavy atom. The van der Waals surface area contributed by atoms with Crippen LogP contribution in [0.2, 0.25) is 5.02 Å². The van der Waals surface area contributed by atoms with Crippen molar-refractivity contribution < 1.29 is 18.3 Å². The quantitative estimate of drug-likeness (QED) is 0.592. The summed E-state index contributed by atoms with van der Waals surface area (Å²) in [5.41, 5.74) is 3.73. The molecule has 2 aromatic carbocycles. The lowest BCUT2D eigenvalue weighted by molar-refractivity contribution is 0.0260. The fourth-order valence-electron chi connectivity index (χ4n) is 5.22. The molecule has 0 bridgehead atoms. The van der Waals surface area contributed by atoms with E-state index in [0.29, 0.717) is 31.2 Å². The maximum Gasteiger partial charge on any atom is 0.211 e. The predicted octanol–water partition coefficient (Wildman–Crippen LogP) is 2.89. The molecule has 1 aromatic heterocycles. The summed E-state index contributed by atoms with van der Waals surface area (Å²) in [5.74, 6) is 0.745. The van der Waals surface area contributed by atoms with E-state index in [-0.39, 0.29) is 18.1 Å². The first kappa shape index (κ1) is 21.7. The second-order valence-corrected chi connectivity index (χ2v) is 11.3. The molecule has 9 heteroatoms. The third-order valence-corrected chi connectivity index (χ3v) is 8.19. The van der Waals surface area contributed by atoms with Gasteiger partial charge in [-0.3, -0.25) is 4.90 Å². The van der Waals surface area contributed by atoms with Crippen molar-refractivity contribution in [3.05, 3.63) is 64.3 Å². The molecule has 1 fully saturated rings. The number of aromatic nitrogens is 1. The van der Waals surface area contributed by atoms with E-state index in [9.17, 15) is 13.5 Å². The summed E-state index contributed by atoms with van der Waals surface area (Å²) < 4.78 is 31.3. The highest BCUT2D eigenvalue weighted by Gasteiger charge is 2.54. The first-order valence-electron chi connectivity index (χ1n) is 10.5. The number of fused-ring (bicyclic) bond motifs is 4. The van der Waals surface area contributed by atoms with Gasteiger partial charge in [-0.05, 0) is 35.4 Å².